The number of thioether (sulfide) groups is 1. The van der Waals surface area contributed by atoms with Crippen LogP contribution in [0.4, 0.5) is 14.5 Å². The molecule has 1 aliphatic rings. The average Bonchev–Trinajstić information content (AvgIpc) is 3.02. The van der Waals surface area contributed by atoms with Gasteiger partial charge in [0.25, 0.3) is 5.92 Å². The van der Waals surface area contributed by atoms with E-state index < -0.39 is 11.8 Å². The Labute approximate surface area is 153 Å². The molecule has 134 valence electrons. The van der Waals surface area contributed by atoms with Gasteiger partial charge in [0.05, 0.1) is 18.1 Å². The molecule has 0 radical (unpaired) electrons. The summed E-state index contributed by atoms with van der Waals surface area (Å²) in [5, 5.41) is 4.29. The Balaban J connectivity index is 1.87. The smallest absolute Gasteiger partial charge is 0.253 e. The number of hydrogen-bond acceptors (Lipinski definition) is 4. The molecular formula is C16H17ClF2N4OS. The zero-order valence-corrected chi connectivity index (χ0v) is 15.1. The molecule has 0 saturated heterocycles. The van der Waals surface area contributed by atoms with Crippen molar-refractivity contribution in [1.29, 1.82) is 0 Å². The summed E-state index contributed by atoms with van der Waals surface area (Å²) in [6, 6.07) is 3.53. The molecule has 0 aromatic carbocycles. The molecule has 0 N–H and O–H groups in total. The van der Waals surface area contributed by atoms with Crippen LogP contribution in [0.5, 0.6) is 0 Å². The van der Waals surface area contributed by atoms with Crippen LogP contribution in [0.2, 0.25) is 5.15 Å². The molecule has 2 heterocycles. The van der Waals surface area contributed by atoms with E-state index >= 15 is 0 Å². The van der Waals surface area contributed by atoms with E-state index in [1.54, 1.807) is 30.7 Å². The van der Waals surface area contributed by atoms with Crippen molar-refractivity contribution in [2.75, 3.05) is 23.5 Å². The molecule has 1 saturated carbocycles. The van der Waals surface area contributed by atoms with Crippen LogP contribution in [0, 0.1) is 5.92 Å². The average molecular weight is 387 g/mol. The van der Waals surface area contributed by atoms with Gasteiger partial charge in [-0.25, -0.2) is 13.5 Å². The highest BCUT2D eigenvalue weighted by Gasteiger charge is 2.57. The second kappa shape index (κ2) is 7.29. The topological polar surface area (TPSA) is 51.0 Å². The maximum Gasteiger partial charge on any atom is 0.253 e. The molecule has 1 fully saturated rings. The van der Waals surface area contributed by atoms with Gasteiger partial charge in [0.2, 0.25) is 5.91 Å². The fourth-order valence-corrected chi connectivity index (χ4v) is 3.10. The van der Waals surface area contributed by atoms with E-state index in [0.29, 0.717) is 17.1 Å². The van der Waals surface area contributed by atoms with Crippen molar-refractivity contribution in [3.05, 3.63) is 35.9 Å². The van der Waals surface area contributed by atoms with Gasteiger partial charge in [0.15, 0.2) is 5.15 Å². The second-order valence-corrected chi connectivity index (χ2v) is 7.21. The van der Waals surface area contributed by atoms with Crippen molar-refractivity contribution in [2.24, 2.45) is 5.92 Å². The predicted octanol–water partition coefficient (Wildman–Crippen LogP) is 3.66. The lowest BCUT2D eigenvalue weighted by Gasteiger charge is -2.21. The first-order chi connectivity index (χ1) is 11.9. The van der Waals surface area contributed by atoms with E-state index in [9.17, 15) is 13.6 Å². The summed E-state index contributed by atoms with van der Waals surface area (Å²) in [4.78, 5) is 17.9. The Morgan fingerprint density at radius 3 is 2.92 bits per heavy atom. The molecule has 0 spiro atoms. The van der Waals surface area contributed by atoms with Gasteiger partial charge in [0, 0.05) is 37.3 Å². The van der Waals surface area contributed by atoms with Crippen LogP contribution in [0.15, 0.2) is 30.7 Å². The molecule has 9 heteroatoms. The molecule has 1 unspecified atom stereocenters. The minimum atomic E-state index is -2.70. The largest absolute Gasteiger partial charge is 0.308 e. The molecule has 25 heavy (non-hydrogen) atoms. The third-order valence-electron chi connectivity index (χ3n) is 4.03. The van der Waals surface area contributed by atoms with Gasteiger partial charge in [-0.2, -0.15) is 16.9 Å². The Morgan fingerprint density at radius 1 is 1.56 bits per heavy atom. The predicted molar refractivity (Wildman–Crippen MR) is 94.8 cm³/mol. The SMILES string of the molecule is CSCCC(=O)N(CC1CC1(F)F)c1cn(-c2cccnc2)nc1Cl. The van der Waals surface area contributed by atoms with E-state index in [1.165, 1.54) is 21.3 Å². The van der Waals surface area contributed by atoms with E-state index in [0.717, 1.165) is 0 Å². The van der Waals surface area contributed by atoms with Gasteiger partial charge in [-0.3, -0.25) is 9.78 Å². The van der Waals surface area contributed by atoms with Crippen molar-refractivity contribution < 1.29 is 13.6 Å². The van der Waals surface area contributed by atoms with Crippen molar-refractivity contribution in [1.82, 2.24) is 14.8 Å². The highest BCUT2D eigenvalue weighted by atomic mass is 35.5. The first-order valence-electron chi connectivity index (χ1n) is 7.75. The minimum absolute atomic E-state index is 0.0569. The van der Waals surface area contributed by atoms with Gasteiger partial charge in [0.1, 0.15) is 5.69 Å². The summed E-state index contributed by atoms with van der Waals surface area (Å²) >= 11 is 7.73. The maximum atomic E-state index is 13.4. The van der Waals surface area contributed by atoms with E-state index in [1.807, 2.05) is 6.26 Å². The van der Waals surface area contributed by atoms with Crippen molar-refractivity contribution >= 4 is 35.0 Å². The summed E-state index contributed by atoms with van der Waals surface area (Å²) in [6.45, 7) is -0.0569. The molecule has 5 nitrogen and oxygen atoms in total. The standard InChI is InChI=1S/C16H17ClF2N4OS/c1-25-6-4-14(24)22(9-11-7-16(11,18)19)13-10-23(21-15(13)17)12-3-2-5-20-8-12/h2-3,5,8,10-11H,4,6-7,9H2,1H3. The number of hydrogen-bond donors (Lipinski definition) is 0. The van der Waals surface area contributed by atoms with Crippen molar-refractivity contribution in [2.45, 2.75) is 18.8 Å². The lowest BCUT2D eigenvalue weighted by Crippen LogP contribution is -2.34. The van der Waals surface area contributed by atoms with E-state index in [4.69, 9.17) is 11.6 Å². The Hall–Kier alpha value is -1.67. The number of pyridine rings is 1. The van der Waals surface area contributed by atoms with Crippen LogP contribution in [0.1, 0.15) is 12.8 Å². The van der Waals surface area contributed by atoms with Crippen LogP contribution in [0.25, 0.3) is 5.69 Å². The highest BCUT2D eigenvalue weighted by molar-refractivity contribution is 7.98. The monoisotopic (exact) mass is 386 g/mol. The Bertz CT molecular complexity index is 756. The molecular weight excluding hydrogens is 370 g/mol. The third-order valence-corrected chi connectivity index (χ3v) is 4.91. The number of alkyl halides is 2. The van der Waals surface area contributed by atoms with Crippen LogP contribution in [0.3, 0.4) is 0 Å². The lowest BCUT2D eigenvalue weighted by molar-refractivity contribution is -0.118. The molecule has 3 rings (SSSR count). The summed E-state index contributed by atoms with van der Waals surface area (Å²) in [6.07, 6.45) is 6.75. The number of nitrogens with zero attached hydrogens (tertiary/aromatic N) is 4. The van der Waals surface area contributed by atoms with Gasteiger partial charge < -0.3 is 4.90 Å². The number of halogens is 3. The van der Waals surface area contributed by atoms with Crippen LogP contribution in [-0.2, 0) is 4.79 Å². The zero-order chi connectivity index (χ0) is 18.0. The Kier molecular flexibility index (Phi) is 5.29. The molecule has 2 aromatic rings. The number of anilines is 1. The number of aromatic nitrogens is 3. The summed E-state index contributed by atoms with van der Waals surface area (Å²) in [5.74, 6) is -3.15. The number of carbonyl (C=O) groups is 1. The molecule has 1 aliphatic carbocycles. The molecule has 1 atom stereocenters. The Morgan fingerprint density at radius 2 is 2.32 bits per heavy atom. The fraction of sp³-hybridized carbons (Fsp3) is 0.438. The van der Waals surface area contributed by atoms with E-state index in [2.05, 4.69) is 10.1 Å². The van der Waals surface area contributed by atoms with Gasteiger partial charge in [-0.1, -0.05) is 11.6 Å². The quantitative estimate of drug-likeness (QED) is 0.728. The molecule has 0 bridgehead atoms. The number of rotatable bonds is 7. The van der Waals surface area contributed by atoms with Crippen molar-refractivity contribution in [3.63, 3.8) is 0 Å². The van der Waals surface area contributed by atoms with Gasteiger partial charge in [-0.05, 0) is 18.4 Å². The molecule has 0 aliphatic heterocycles. The zero-order valence-electron chi connectivity index (χ0n) is 13.5. The fourth-order valence-electron chi connectivity index (χ4n) is 2.49. The van der Waals surface area contributed by atoms with Crippen molar-refractivity contribution in [3.8, 4) is 5.69 Å². The van der Waals surface area contributed by atoms with Gasteiger partial charge in [-0.15, -0.1) is 0 Å². The van der Waals surface area contributed by atoms with Crippen LogP contribution in [-0.4, -0.2) is 45.1 Å². The summed E-state index contributed by atoms with van der Waals surface area (Å²) in [7, 11) is 0. The van der Waals surface area contributed by atoms with Crippen LogP contribution < -0.4 is 4.90 Å². The first-order valence-corrected chi connectivity index (χ1v) is 9.52. The second-order valence-electron chi connectivity index (χ2n) is 5.87. The lowest BCUT2D eigenvalue weighted by atomic mass is 10.3. The maximum absolute atomic E-state index is 13.4. The normalized spacial score (nSPS) is 18.2. The highest BCUT2D eigenvalue weighted by Crippen LogP contribution is 2.49. The first kappa shape index (κ1) is 18.1. The summed E-state index contributed by atoms with van der Waals surface area (Å²) in [5.41, 5.74) is 1.02. The molecule has 1 amide bonds. The van der Waals surface area contributed by atoms with E-state index in [-0.39, 0.29) is 30.4 Å². The minimum Gasteiger partial charge on any atom is -0.308 e. The third kappa shape index (κ3) is 4.12. The number of amides is 1. The number of carbonyl (C=O) groups excluding carboxylic acids is 1. The van der Waals surface area contributed by atoms with Crippen LogP contribution >= 0.6 is 23.4 Å². The van der Waals surface area contributed by atoms with Gasteiger partial charge >= 0.3 is 0 Å². The molecule has 2 aromatic heterocycles. The summed E-state index contributed by atoms with van der Waals surface area (Å²) < 4.78 is 28.2.